The van der Waals surface area contributed by atoms with Gasteiger partial charge in [-0.2, -0.15) is 0 Å². The Bertz CT molecular complexity index is 532. The number of rotatable bonds is 3. The van der Waals surface area contributed by atoms with Gasteiger partial charge in [0.1, 0.15) is 5.69 Å². The zero-order chi connectivity index (χ0) is 15.7. The number of nitrogens with zero attached hydrogens (tertiary/aromatic N) is 2. The summed E-state index contributed by atoms with van der Waals surface area (Å²) in [5.74, 6) is -1.24. The molecule has 0 aliphatic carbocycles. The van der Waals surface area contributed by atoms with Crippen molar-refractivity contribution >= 4 is 11.9 Å². The molecular formula is C15H22N2O3. The molecule has 1 aromatic rings. The first-order valence-electron chi connectivity index (χ1n) is 6.53. The van der Waals surface area contributed by atoms with Crippen molar-refractivity contribution in [2.75, 3.05) is 7.05 Å². The van der Waals surface area contributed by atoms with Gasteiger partial charge in [-0.25, -0.2) is 9.78 Å². The molecule has 1 heterocycles. The van der Waals surface area contributed by atoms with Gasteiger partial charge in [0, 0.05) is 13.1 Å². The van der Waals surface area contributed by atoms with Gasteiger partial charge >= 0.3 is 5.97 Å². The molecule has 20 heavy (non-hydrogen) atoms. The summed E-state index contributed by atoms with van der Waals surface area (Å²) in [5, 5.41) is 8.96. The van der Waals surface area contributed by atoms with Crippen LogP contribution in [-0.2, 0) is 0 Å². The molecular weight excluding hydrogens is 256 g/mol. The summed E-state index contributed by atoms with van der Waals surface area (Å²) in [6, 6.07) is 2.93. The molecule has 0 aliphatic rings. The lowest BCUT2D eigenvalue weighted by atomic mass is 9.87. The number of carboxylic acid groups (broad SMARTS) is 1. The van der Waals surface area contributed by atoms with Gasteiger partial charge < -0.3 is 10.0 Å². The number of hydrogen-bond donors (Lipinski definition) is 1. The second-order valence-electron chi connectivity index (χ2n) is 6.09. The molecule has 0 aliphatic heterocycles. The van der Waals surface area contributed by atoms with Gasteiger partial charge in [-0.15, -0.1) is 0 Å². The SMILES string of the molecule is Cc1nc(C(=O)N(C)C(C)C(C)(C)C)ccc1C(=O)O. The summed E-state index contributed by atoms with van der Waals surface area (Å²) in [5.41, 5.74) is 0.694. The van der Waals surface area contributed by atoms with Gasteiger partial charge in [0.25, 0.3) is 5.91 Å². The number of pyridine rings is 1. The number of carbonyl (C=O) groups is 2. The molecule has 0 saturated carbocycles. The number of carboxylic acids is 1. The van der Waals surface area contributed by atoms with E-state index in [1.54, 1.807) is 18.9 Å². The summed E-state index contributed by atoms with van der Waals surface area (Å²) >= 11 is 0. The molecule has 1 unspecified atom stereocenters. The van der Waals surface area contributed by atoms with Crippen LogP contribution in [0.25, 0.3) is 0 Å². The van der Waals surface area contributed by atoms with Gasteiger partial charge in [0.05, 0.1) is 11.3 Å². The van der Waals surface area contributed by atoms with Crippen molar-refractivity contribution in [3.8, 4) is 0 Å². The van der Waals surface area contributed by atoms with Crippen molar-refractivity contribution in [1.29, 1.82) is 0 Å². The fourth-order valence-electron chi connectivity index (χ4n) is 1.84. The molecule has 0 radical (unpaired) electrons. The van der Waals surface area contributed by atoms with Crippen molar-refractivity contribution < 1.29 is 14.7 Å². The average molecular weight is 278 g/mol. The second kappa shape index (κ2) is 5.61. The molecule has 1 N–H and O–H groups in total. The topological polar surface area (TPSA) is 70.5 Å². The van der Waals surface area contributed by atoms with E-state index in [0.29, 0.717) is 5.69 Å². The first kappa shape index (κ1) is 16.1. The molecule has 5 nitrogen and oxygen atoms in total. The van der Waals surface area contributed by atoms with E-state index in [0.717, 1.165) is 0 Å². The molecule has 1 amide bonds. The van der Waals surface area contributed by atoms with Gasteiger partial charge in [0.15, 0.2) is 0 Å². The predicted octanol–water partition coefficient (Wildman–Crippen LogP) is 2.59. The van der Waals surface area contributed by atoms with Crippen molar-refractivity contribution in [1.82, 2.24) is 9.88 Å². The van der Waals surface area contributed by atoms with Crippen LogP contribution >= 0.6 is 0 Å². The van der Waals surface area contributed by atoms with Crippen molar-refractivity contribution in [2.24, 2.45) is 5.41 Å². The Morgan fingerprint density at radius 3 is 2.25 bits per heavy atom. The van der Waals surface area contributed by atoms with E-state index in [1.165, 1.54) is 12.1 Å². The minimum absolute atomic E-state index is 0.0382. The monoisotopic (exact) mass is 278 g/mol. The molecule has 1 aromatic heterocycles. The van der Waals surface area contributed by atoms with Gasteiger partial charge in [-0.3, -0.25) is 4.79 Å². The van der Waals surface area contributed by atoms with Gasteiger partial charge in [-0.1, -0.05) is 20.8 Å². The van der Waals surface area contributed by atoms with Crippen LogP contribution in [0.15, 0.2) is 12.1 Å². The maximum absolute atomic E-state index is 12.4. The number of amides is 1. The zero-order valence-electron chi connectivity index (χ0n) is 12.9. The van der Waals surface area contributed by atoms with E-state index in [4.69, 9.17) is 5.11 Å². The Balaban J connectivity index is 3.04. The maximum atomic E-state index is 12.4. The molecule has 1 atom stereocenters. The molecule has 0 saturated heterocycles. The van der Waals surface area contributed by atoms with E-state index in [-0.39, 0.29) is 28.6 Å². The predicted molar refractivity (Wildman–Crippen MR) is 76.9 cm³/mol. The molecule has 0 spiro atoms. The van der Waals surface area contributed by atoms with Crippen LogP contribution in [0, 0.1) is 12.3 Å². The quantitative estimate of drug-likeness (QED) is 0.922. The van der Waals surface area contributed by atoms with Gasteiger partial charge in [0.2, 0.25) is 0 Å². The summed E-state index contributed by atoms with van der Waals surface area (Å²) in [7, 11) is 1.74. The van der Waals surface area contributed by atoms with Gasteiger partial charge in [-0.05, 0) is 31.4 Å². The van der Waals surface area contributed by atoms with Crippen LogP contribution in [0.4, 0.5) is 0 Å². The van der Waals surface area contributed by atoms with Crippen LogP contribution in [-0.4, -0.2) is 40.0 Å². The smallest absolute Gasteiger partial charge is 0.337 e. The average Bonchev–Trinajstić information content (AvgIpc) is 2.34. The first-order chi connectivity index (χ1) is 9.05. The summed E-state index contributed by atoms with van der Waals surface area (Å²) in [6.07, 6.45) is 0. The number of carbonyl (C=O) groups excluding carboxylic acids is 1. The molecule has 5 heteroatoms. The normalized spacial score (nSPS) is 12.9. The van der Waals surface area contributed by atoms with Crippen molar-refractivity contribution in [2.45, 2.75) is 40.7 Å². The second-order valence-corrected chi connectivity index (χ2v) is 6.09. The molecule has 0 fully saturated rings. The number of aromatic nitrogens is 1. The third-order valence-electron chi connectivity index (χ3n) is 3.69. The van der Waals surface area contributed by atoms with E-state index >= 15 is 0 Å². The van der Waals surface area contributed by atoms with Crippen LogP contribution in [0.3, 0.4) is 0 Å². The highest BCUT2D eigenvalue weighted by molar-refractivity contribution is 5.94. The zero-order valence-corrected chi connectivity index (χ0v) is 12.9. The van der Waals surface area contributed by atoms with E-state index in [9.17, 15) is 9.59 Å². The minimum Gasteiger partial charge on any atom is -0.478 e. The molecule has 1 rings (SSSR count). The lowest BCUT2D eigenvalue weighted by Gasteiger charge is -2.35. The third kappa shape index (κ3) is 3.35. The maximum Gasteiger partial charge on any atom is 0.337 e. The summed E-state index contributed by atoms with van der Waals surface area (Å²) in [6.45, 7) is 9.76. The van der Waals surface area contributed by atoms with Crippen LogP contribution in [0.1, 0.15) is 54.2 Å². The fourth-order valence-corrected chi connectivity index (χ4v) is 1.84. The lowest BCUT2D eigenvalue weighted by molar-refractivity contribution is 0.0620. The van der Waals surface area contributed by atoms with Crippen LogP contribution in [0.5, 0.6) is 0 Å². The third-order valence-corrected chi connectivity index (χ3v) is 3.69. The van der Waals surface area contributed by atoms with E-state index in [2.05, 4.69) is 25.8 Å². The Hall–Kier alpha value is -1.91. The lowest BCUT2D eigenvalue weighted by Crippen LogP contribution is -2.43. The Morgan fingerprint density at radius 1 is 1.30 bits per heavy atom. The fraction of sp³-hybridized carbons (Fsp3) is 0.533. The van der Waals surface area contributed by atoms with E-state index in [1.807, 2.05) is 6.92 Å². The first-order valence-corrected chi connectivity index (χ1v) is 6.53. The summed E-state index contributed by atoms with van der Waals surface area (Å²) < 4.78 is 0. The van der Waals surface area contributed by atoms with E-state index < -0.39 is 5.97 Å². The van der Waals surface area contributed by atoms with Crippen LogP contribution in [0.2, 0.25) is 0 Å². The highest BCUT2D eigenvalue weighted by Crippen LogP contribution is 2.24. The molecule has 0 aromatic carbocycles. The molecule has 0 bridgehead atoms. The Labute approximate surface area is 119 Å². The highest BCUT2D eigenvalue weighted by atomic mass is 16.4. The number of aromatic carboxylic acids is 1. The largest absolute Gasteiger partial charge is 0.478 e. The Kier molecular flexibility index (Phi) is 4.53. The number of hydrogen-bond acceptors (Lipinski definition) is 3. The molecule has 110 valence electrons. The number of aryl methyl sites for hydroxylation is 1. The van der Waals surface area contributed by atoms with Crippen molar-refractivity contribution in [3.63, 3.8) is 0 Å². The highest BCUT2D eigenvalue weighted by Gasteiger charge is 2.28. The minimum atomic E-state index is -1.04. The summed E-state index contributed by atoms with van der Waals surface area (Å²) in [4.78, 5) is 29.1. The standard InChI is InChI=1S/C15H22N2O3/c1-9-11(14(19)20)7-8-12(16-9)13(18)17(6)10(2)15(3,4)5/h7-8,10H,1-6H3,(H,19,20). The Morgan fingerprint density at radius 2 is 1.85 bits per heavy atom. The van der Waals surface area contributed by atoms with Crippen molar-refractivity contribution in [3.05, 3.63) is 29.1 Å². The van der Waals surface area contributed by atoms with Crippen LogP contribution < -0.4 is 0 Å².